The minimum atomic E-state index is -3.81. The van der Waals surface area contributed by atoms with Crippen molar-refractivity contribution in [2.75, 3.05) is 0 Å². The van der Waals surface area contributed by atoms with Crippen LogP contribution in [0.25, 0.3) is 0 Å². The SMILES string of the molecule is Cc1ccc(S(=O)(=O)N=C(Sc2ccc(Cl)cc2)c2ccccc2)cc1. The summed E-state index contributed by atoms with van der Waals surface area (Å²) in [5.74, 6) is 0. The summed E-state index contributed by atoms with van der Waals surface area (Å²) < 4.78 is 29.6. The van der Waals surface area contributed by atoms with E-state index in [1.165, 1.54) is 11.8 Å². The van der Waals surface area contributed by atoms with E-state index in [1.807, 2.05) is 49.4 Å². The average Bonchev–Trinajstić information content (AvgIpc) is 2.64. The molecule has 3 rings (SSSR count). The first kappa shape index (κ1) is 18.7. The highest BCUT2D eigenvalue weighted by Crippen LogP contribution is 2.27. The van der Waals surface area contributed by atoms with Gasteiger partial charge in [-0.15, -0.1) is 0 Å². The molecule has 0 radical (unpaired) electrons. The highest BCUT2D eigenvalue weighted by atomic mass is 35.5. The van der Waals surface area contributed by atoms with Gasteiger partial charge in [0.1, 0.15) is 5.04 Å². The Bertz CT molecular complexity index is 1010. The molecule has 6 heteroatoms. The Morgan fingerprint density at radius 2 is 1.50 bits per heavy atom. The molecule has 0 spiro atoms. The molecule has 0 N–H and O–H groups in total. The molecule has 3 nitrogen and oxygen atoms in total. The van der Waals surface area contributed by atoms with Crippen molar-refractivity contribution in [1.29, 1.82) is 0 Å². The molecule has 0 fully saturated rings. The van der Waals surface area contributed by atoms with E-state index in [-0.39, 0.29) is 4.90 Å². The summed E-state index contributed by atoms with van der Waals surface area (Å²) in [4.78, 5) is 1.03. The maximum Gasteiger partial charge on any atom is 0.283 e. The van der Waals surface area contributed by atoms with Crippen molar-refractivity contribution in [3.8, 4) is 0 Å². The summed E-state index contributed by atoms with van der Waals surface area (Å²) in [5.41, 5.74) is 1.73. The summed E-state index contributed by atoms with van der Waals surface area (Å²) in [6.45, 7) is 1.91. The third-order valence-corrected chi connectivity index (χ3v) is 6.26. The maximum absolute atomic E-state index is 12.7. The van der Waals surface area contributed by atoms with Crippen molar-refractivity contribution in [3.05, 3.63) is 95.0 Å². The molecule has 132 valence electrons. The first-order valence-electron chi connectivity index (χ1n) is 7.84. The maximum atomic E-state index is 12.7. The number of benzene rings is 3. The fourth-order valence-corrected chi connectivity index (χ4v) is 4.43. The lowest BCUT2D eigenvalue weighted by Crippen LogP contribution is -2.04. The molecule has 0 aromatic heterocycles. The van der Waals surface area contributed by atoms with Gasteiger partial charge in [0.2, 0.25) is 0 Å². The summed E-state index contributed by atoms with van der Waals surface area (Å²) in [6.07, 6.45) is 0. The standard InChI is InChI=1S/C20H16ClNO2S2/c1-15-7-13-19(14-8-15)26(23,24)22-20(16-5-3-2-4-6-16)25-18-11-9-17(21)10-12-18/h2-14H,1H3. The van der Waals surface area contributed by atoms with E-state index in [0.717, 1.165) is 16.0 Å². The summed E-state index contributed by atoms with van der Waals surface area (Å²) in [6, 6.07) is 23.1. The van der Waals surface area contributed by atoms with Gasteiger partial charge in [0.25, 0.3) is 10.0 Å². The fourth-order valence-electron chi connectivity index (χ4n) is 2.20. The minimum Gasteiger partial charge on any atom is -0.199 e. The molecule has 0 unspecified atom stereocenters. The number of hydrogen-bond donors (Lipinski definition) is 0. The number of hydrogen-bond acceptors (Lipinski definition) is 3. The molecule has 26 heavy (non-hydrogen) atoms. The van der Waals surface area contributed by atoms with Gasteiger partial charge in [-0.2, -0.15) is 12.8 Å². The molecular formula is C20H16ClNO2S2. The van der Waals surface area contributed by atoms with Crippen LogP contribution in [0.5, 0.6) is 0 Å². The molecule has 3 aromatic carbocycles. The lowest BCUT2D eigenvalue weighted by Gasteiger charge is -2.08. The highest BCUT2D eigenvalue weighted by Gasteiger charge is 2.16. The van der Waals surface area contributed by atoms with E-state index in [4.69, 9.17) is 11.6 Å². The molecule has 0 heterocycles. The largest absolute Gasteiger partial charge is 0.283 e. The van der Waals surface area contributed by atoms with Gasteiger partial charge in [0, 0.05) is 15.5 Å². The quantitative estimate of drug-likeness (QED) is 0.326. The predicted molar refractivity (Wildman–Crippen MR) is 109 cm³/mol. The van der Waals surface area contributed by atoms with E-state index in [2.05, 4.69) is 4.40 Å². The number of nitrogens with zero attached hydrogens (tertiary/aromatic N) is 1. The van der Waals surface area contributed by atoms with Crippen molar-refractivity contribution >= 4 is 38.4 Å². The summed E-state index contributed by atoms with van der Waals surface area (Å²) in [7, 11) is -3.81. The van der Waals surface area contributed by atoms with Gasteiger partial charge < -0.3 is 0 Å². The van der Waals surface area contributed by atoms with Crippen LogP contribution in [-0.4, -0.2) is 13.5 Å². The number of aryl methyl sites for hydroxylation is 1. The lowest BCUT2D eigenvalue weighted by atomic mass is 10.2. The smallest absolute Gasteiger partial charge is 0.199 e. The Balaban J connectivity index is 2.03. The molecule has 0 saturated carbocycles. The van der Waals surface area contributed by atoms with Crippen LogP contribution in [0.3, 0.4) is 0 Å². The third-order valence-electron chi connectivity index (χ3n) is 3.57. The van der Waals surface area contributed by atoms with Crippen LogP contribution < -0.4 is 0 Å². The van der Waals surface area contributed by atoms with E-state index in [0.29, 0.717) is 10.1 Å². The van der Waals surface area contributed by atoms with Crippen molar-refractivity contribution in [3.63, 3.8) is 0 Å². The zero-order valence-corrected chi connectivity index (χ0v) is 16.4. The molecule has 0 amide bonds. The van der Waals surface area contributed by atoms with E-state index in [9.17, 15) is 8.42 Å². The number of thioether (sulfide) groups is 1. The first-order valence-corrected chi connectivity index (χ1v) is 10.5. The first-order chi connectivity index (χ1) is 12.4. The molecule has 0 aliphatic carbocycles. The van der Waals surface area contributed by atoms with Crippen LogP contribution in [0.15, 0.2) is 93.1 Å². The van der Waals surface area contributed by atoms with Crippen LogP contribution in [0, 0.1) is 6.92 Å². The molecule has 0 bridgehead atoms. The lowest BCUT2D eigenvalue weighted by molar-refractivity contribution is 0.598. The minimum absolute atomic E-state index is 0.174. The Labute approximate surface area is 162 Å². The van der Waals surface area contributed by atoms with Crippen molar-refractivity contribution in [2.45, 2.75) is 16.7 Å². The molecule has 0 aliphatic rings. The van der Waals surface area contributed by atoms with Crippen LogP contribution in [0.2, 0.25) is 5.02 Å². The van der Waals surface area contributed by atoms with E-state index < -0.39 is 10.0 Å². The Hall–Kier alpha value is -2.08. The van der Waals surface area contributed by atoms with Gasteiger partial charge in [-0.25, -0.2) is 0 Å². The second kappa shape index (κ2) is 8.08. The van der Waals surface area contributed by atoms with Gasteiger partial charge in [-0.1, -0.05) is 71.4 Å². The summed E-state index contributed by atoms with van der Waals surface area (Å²) >= 11 is 7.22. The topological polar surface area (TPSA) is 46.5 Å². The van der Waals surface area contributed by atoms with E-state index >= 15 is 0 Å². The van der Waals surface area contributed by atoms with Gasteiger partial charge in [-0.05, 0) is 43.3 Å². The van der Waals surface area contributed by atoms with Gasteiger partial charge >= 0.3 is 0 Å². The highest BCUT2D eigenvalue weighted by molar-refractivity contribution is 8.15. The van der Waals surface area contributed by atoms with Crippen molar-refractivity contribution < 1.29 is 8.42 Å². The molecule has 0 atom stereocenters. The number of sulfonamides is 1. The third kappa shape index (κ3) is 4.75. The van der Waals surface area contributed by atoms with Gasteiger partial charge in [-0.3, -0.25) is 0 Å². The van der Waals surface area contributed by atoms with Crippen LogP contribution in [-0.2, 0) is 10.0 Å². The molecular weight excluding hydrogens is 386 g/mol. The van der Waals surface area contributed by atoms with Gasteiger partial charge in [0.05, 0.1) is 4.90 Å². The Kier molecular flexibility index (Phi) is 5.81. The predicted octanol–water partition coefficient (Wildman–Crippen LogP) is 5.58. The van der Waals surface area contributed by atoms with Gasteiger partial charge in [0.15, 0.2) is 0 Å². The average molecular weight is 402 g/mol. The Morgan fingerprint density at radius 3 is 2.12 bits per heavy atom. The molecule has 3 aromatic rings. The summed E-state index contributed by atoms with van der Waals surface area (Å²) in [5, 5.41) is 1.04. The van der Waals surface area contributed by atoms with E-state index in [1.54, 1.807) is 36.4 Å². The molecule has 0 aliphatic heterocycles. The van der Waals surface area contributed by atoms with Crippen LogP contribution in [0.4, 0.5) is 0 Å². The fraction of sp³-hybridized carbons (Fsp3) is 0.0500. The number of halogens is 1. The van der Waals surface area contributed by atoms with Crippen molar-refractivity contribution in [1.82, 2.24) is 0 Å². The monoisotopic (exact) mass is 401 g/mol. The number of rotatable bonds is 4. The molecule has 0 saturated heterocycles. The second-order valence-electron chi connectivity index (χ2n) is 5.61. The van der Waals surface area contributed by atoms with Crippen LogP contribution in [0.1, 0.15) is 11.1 Å². The zero-order valence-electron chi connectivity index (χ0n) is 14.0. The van der Waals surface area contributed by atoms with Crippen molar-refractivity contribution in [2.24, 2.45) is 4.40 Å². The van der Waals surface area contributed by atoms with Crippen LogP contribution >= 0.6 is 23.4 Å². The zero-order chi connectivity index (χ0) is 18.6. The Morgan fingerprint density at radius 1 is 0.885 bits per heavy atom. The normalized spacial score (nSPS) is 12.2. The second-order valence-corrected chi connectivity index (χ2v) is 8.71.